The summed E-state index contributed by atoms with van der Waals surface area (Å²) in [6.07, 6.45) is 1.68. The van der Waals surface area contributed by atoms with Crippen LogP contribution < -0.4 is 10.6 Å². The lowest BCUT2D eigenvalue weighted by Gasteiger charge is -2.29. The lowest BCUT2D eigenvalue weighted by Crippen LogP contribution is -2.39. The zero-order valence-corrected chi connectivity index (χ0v) is 16.1. The molecule has 0 bridgehead atoms. The van der Waals surface area contributed by atoms with Crippen molar-refractivity contribution in [2.24, 2.45) is 11.3 Å². The maximum Gasteiger partial charge on any atom is 0.251 e. The number of anilines is 1. The van der Waals surface area contributed by atoms with Gasteiger partial charge in [0.15, 0.2) is 0 Å². The first-order valence-corrected chi connectivity index (χ1v) is 9.05. The Labute approximate surface area is 147 Å². The zero-order valence-electron chi connectivity index (χ0n) is 16.1. The van der Waals surface area contributed by atoms with Gasteiger partial charge in [0.1, 0.15) is 0 Å². The third-order valence-electron chi connectivity index (χ3n) is 5.42. The molecule has 0 heterocycles. The molecule has 0 aliphatic rings. The van der Waals surface area contributed by atoms with E-state index in [4.69, 9.17) is 0 Å². The molecule has 0 fully saturated rings. The molecule has 0 radical (unpaired) electrons. The van der Waals surface area contributed by atoms with E-state index in [-0.39, 0.29) is 17.9 Å². The predicted molar refractivity (Wildman–Crippen MR) is 102 cm³/mol. The van der Waals surface area contributed by atoms with Gasteiger partial charge in [-0.1, -0.05) is 33.8 Å². The highest BCUT2D eigenvalue weighted by Gasteiger charge is 2.26. The van der Waals surface area contributed by atoms with E-state index in [1.54, 1.807) is 0 Å². The van der Waals surface area contributed by atoms with Crippen LogP contribution in [0, 0.1) is 18.3 Å². The van der Waals surface area contributed by atoms with Crippen LogP contribution in [0.2, 0.25) is 0 Å². The molecule has 24 heavy (non-hydrogen) atoms. The molecule has 1 rings (SSSR count). The molecule has 0 unspecified atom stereocenters. The quantitative estimate of drug-likeness (QED) is 0.640. The van der Waals surface area contributed by atoms with Gasteiger partial charge in [0.2, 0.25) is 0 Å². The molecule has 0 aliphatic heterocycles. The number of aliphatic hydroxyl groups excluding tert-OH is 1. The Morgan fingerprint density at radius 1 is 1.21 bits per heavy atom. The summed E-state index contributed by atoms with van der Waals surface area (Å²) < 4.78 is 0. The Kier molecular flexibility index (Phi) is 7.74. The second-order valence-corrected chi connectivity index (χ2v) is 7.20. The summed E-state index contributed by atoms with van der Waals surface area (Å²) in [6, 6.07) is 6.12. The fourth-order valence-corrected chi connectivity index (χ4v) is 2.59. The van der Waals surface area contributed by atoms with E-state index in [1.807, 2.05) is 25.1 Å². The smallest absolute Gasteiger partial charge is 0.251 e. The number of hydrogen-bond donors (Lipinski definition) is 3. The molecule has 4 nitrogen and oxygen atoms in total. The fraction of sp³-hybridized carbons (Fsp3) is 0.650. The van der Waals surface area contributed by atoms with Crippen molar-refractivity contribution in [1.82, 2.24) is 5.32 Å². The molecule has 136 valence electrons. The Balaban J connectivity index is 2.88. The molecule has 1 aromatic carbocycles. The SMILES string of the molecule is CCC(CC)(CO)CNC(=O)c1cccc(N[C@H](C)C(C)C)c1C. The lowest BCUT2D eigenvalue weighted by molar-refractivity contribution is 0.0850. The van der Waals surface area contributed by atoms with E-state index < -0.39 is 0 Å². The number of rotatable bonds is 9. The largest absolute Gasteiger partial charge is 0.396 e. The van der Waals surface area contributed by atoms with E-state index >= 15 is 0 Å². The van der Waals surface area contributed by atoms with Crippen molar-refractivity contribution in [3.63, 3.8) is 0 Å². The summed E-state index contributed by atoms with van der Waals surface area (Å²) in [5, 5.41) is 16.1. The number of carbonyl (C=O) groups excluding carboxylic acids is 1. The third kappa shape index (κ3) is 4.97. The van der Waals surface area contributed by atoms with E-state index in [0.717, 1.165) is 24.1 Å². The van der Waals surface area contributed by atoms with E-state index in [2.05, 4.69) is 45.3 Å². The minimum absolute atomic E-state index is 0.0759. The van der Waals surface area contributed by atoms with Gasteiger partial charge in [-0.05, 0) is 50.3 Å². The van der Waals surface area contributed by atoms with Crippen LogP contribution in [0.3, 0.4) is 0 Å². The molecule has 0 saturated heterocycles. The van der Waals surface area contributed by atoms with Crippen molar-refractivity contribution < 1.29 is 9.90 Å². The summed E-state index contributed by atoms with van der Waals surface area (Å²) in [5.41, 5.74) is 2.43. The van der Waals surface area contributed by atoms with Gasteiger partial charge >= 0.3 is 0 Å². The van der Waals surface area contributed by atoms with Gasteiger partial charge < -0.3 is 15.7 Å². The number of aliphatic hydroxyl groups is 1. The minimum Gasteiger partial charge on any atom is -0.396 e. The topological polar surface area (TPSA) is 61.4 Å². The van der Waals surface area contributed by atoms with Crippen LogP contribution in [-0.4, -0.2) is 30.2 Å². The fourth-order valence-electron chi connectivity index (χ4n) is 2.59. The monoisotopic (exact) mass is 334 g/mol. The molecular weight excluding hydrogens is 300 g/mol. The second kappa shape index (κ2) is 9.07. The zero-order chi connectivity index (χ0) is 18.3. The van der Waals surface area contributed by atoms with E-state index in [9.17, 15) is 9.90 Å². The summed E-state index contributed by atoms with van der Waals surface area (Å²) in [5.74, 6) is 0.439. The Hall–Kier alpha value is -1.55. The van der Waals surface area contributed by atoms with E-state index in [1.165, 1.54) is 0 Å². The van der Waals surface area contributed by atoms with Crippen LogP contribution in [0.15, 0.2) is 18.2 Å². The third-order valence-corrected chi connectivity index (χ3v) is 5.42. The number of amides is 1. The molecule has 1 atom stereocenters. The molecule has 0 spiro atoms. The molecule has 4 heteroatoms. The van der Waals surface area contributed by atoms with Crippen LogP contribution in [0.4, 0.5) is 5.69 Å². The van der Waals surface area contributed by atoms with Gasteiger partial charge in [0, 0.05) is 29.3 Å². The molecule has 0 aliphatic carbocycles. The standard InChI is InChI=1S/C20H34N2O2/c1-7-20(8-2,13-23)12-21-19(24)17-10-9-11-18(15(17)5)22-16(6)14(3)4/h9-11,14,16,22-23H,7-8,12-13H2,1-6H3,(H,21,24)/t16-/m1/s1. The first-order valence-electron chi connectivity index (χ1n) is 9.05. The van der Waals surface area contributed by atoms with Crippen LogP contribution in [0.25, 0.3) is 0 Å². The summed E-state index contributed by atoms with van der Waals surface area (Å²) >= 11 is 0. The van der Waals surface area contributed by atoms with Crippen molar-refractivity contribution >= 4 is 11.6 Å². The van der Waals surface area contributed by atoms with Gasteiger partial charge in [-0.25, -0.2) is 0 Å². The van der Waals surface area contributed by atoms with E-state index in [0.29, 0.717) is 24.1 Å². The molecule has 0 saturated carbocycles. The minimum atomic E-state index is -0.231. The van der Waals surface area contributed by atoms with Gasteiger partial charge in [-0.3, -0.25) is 4.79 Å². The lowest BCUT2D eigenvalue weighted by atomic mass is 9.83. The van der Waals surface area contributed by atoms with Gasteiger partial charge in [-0.15, -0.1) is 0 Å². The van der Waals surface area contributed by atoms with Crippen molar-refractivity contribution in [3.8, 4) is 0 Å². The highest BCUT2D eigenvalue weighted by molar-refractivity contribution is 5.97. The number of carbonyl (C=O) groups is 1. The van der Waals surface area contributed by atoms with Gasteiger partial charge in [0.05, 0.1) is 6.61 Å². The van der Waals surface area contributed by atoms with Crippen LogP contribution in [0.5, 0.6) is 0 Å². The summed E-state index contributed by atoms with van der Waals surface area (Å²) in [6.45, 7) is 13.2. The molecule has 1 amide bonds. The second-order valence-electron chi connectivity index (χ2n) is 7.20. The average Bonchev–Trinajstić information content (AvgIpc) is 2.58. The molecule has 3 N–H and O–H groups in total. The Morgan fingerprint density at radius 3 is 2.33 bits per heavy atom. The van der Waals surface area contributed by atoms with Crippen LogP contribution in [0.1, 0.15) is 63.4 Å². The number of hydrogen-bond acceptors (Lipinski definition) is 3. The first-order chi connectivity index (χ1) is 11.3. The number of benzene rings is 1. The predicted octanol–water partition coefficient (Wildman–Crippen LogP) is 3.98. The van der Waals surface area contributed by atoms with Crippen molar-refractivity contribution in [1.29, 1.82) is 0 Å². The highest BCUT2D eigenvalue weighted by Crippen LogP contribution is 2.25. The van der Waals surface area contributed by atoms with Gasteiger partial charge in [-0.2, -0.15) is 0 Å². The highest BCUT2D eigenvalue weighted by atomic mass is 16.3. The normalized spacial score (nSPS) is 13.0. The number of nitrogens with one attached hydrogen (secondary N) is 2. The summed E-state index contributed by atoms with van der Waals surface area (Å²) in [7, 11) is 0. The Morgan fingerprint density at radius 2 is 1.83 bits per heavy atom. The Bertz CT molecular complexity index is 528. The van der Waals surface area contributed by atoms with Crippen LogP contribution in [-0.2, 0) is 0 Å². The average molecular weight is 335 g/mol. The van der Waals surface area contributed by atoms with Crippen molar-refractivity contribution in [2.75, 3.05) is 18.5 Å². The van der Waals surface area contributed by atoms with Crippen molar-refractivity contribution in [3.05, 3.63) is 29.3 Å². The maximum absolute atomic E-state index is 12.6. The molecular formula is C20H34N2O2. The van der Waals surface area contributed by atoms with Crippen LogP contribution >= 0.6 is 0 Å². The van der Waals surface area contributed by atoms with Crippen molar-refractivity contribution in [2.45, 2.75) is 60.4 Å². The first kappa shape index (κ1) is 20.5. The molecule has 1 aromatic rings. The van der Waals surface area contributed by atoms with Gasteiger partial charge in [0.25, 0.3) is 5.91 Å². The summed E-state index contributed by atoms with van der Waals surface area (Å²) in [4.78, 5) is 12.6. The molecule has 0 aromatic heterocycles. The maximum atomic E-state index is 12.6.